The second-order valence-corrected chi connectivity index (χ2v) is 10.1. The minimum absolute atomic E-state index is 0.265. The predicted octanol–water partition coefficient (Wildman–Crippen LogP) is 2.96. The Morgan fingerprint density at radius 1 is 0.886 bits per heavy atom. The lowest BCUT2D eigenvalue weighted by molar-refractivity contribution is -0.686. The van der Waals surface area contributed by atoms with E-state index < -0.39 is 10.1 Å². The molecule has 1 heterocycles. The number of benzene rings is 2. The topological polar surface area (TPSA) is 97.2 Å². The van der Waals surface area contributed by atoms with Crippen molar-refractivity contribution in [3.05, 3.63) is 77.9 Å². The molecule has 1 aromatic heterocycles. The number of rotatable bonds is 7. The van der Waals surface area contributed by atoms with Crippen molar-refractivity contribution in [2.75, 3.05) is 44.2 Å². The van der Waals surface area contributed by atoms with Crippen LogP contribution in [0.4, 0.5) is 11.4 Å². The Hall–Kier alpha value is -3.50. The highest BCUT2D eigenvalue weighted by Gasteiger charge is 2.20. The van der Waals surface area contributed by atoms with E-state index in [1.165, 1.54) is 11.4 Å². The van der Waals surface area contributed by atoms with Crippen LogP contribution in [-0.4, -0.2) is 64.5 Å². The molecule has 0 amide bonds. The molecule has 0 saturated carbocycles. The standard InChI is InChI=1S/C24H31N6.CH4O3S/c1-19(2)24-29(25-17-20-7-11-22(12-8-20)27(3)4)15-16-30(24)26-18-21-9-13-23(14-10-21)28(5)6;1-5(2,3)4/h7-19H,1-6H3;1H3,(H,2,3,4)/q+1;/p-1/b25-17+,26-18+;. The SMILES string of the molecule is CC(C)c1n(/N=C/c2ccc(N(C)C)cc2)cc[n+]1/N=C/c1ccc(N(C)C)cc1.CS(=O)(=O)[O-]. The zero-order valence-electron chi connectivity index (χ0n) is 21.3. The predicted molar refractivity (Wildman–Crippen MR) is 142 cm³/mol. The number of anilines is 2. The molecule has 0 saturated heterocycles. The van der Waals surface area contributed by atoms with Crippen LogP contribution >= 0.6 is 0 Å². The average Bonchev–Trinajstić information content (AvgIpc) is 3.19. The minimum atomic E-state index is -3.92. The van der Waals surface area contributed by atoms with Gasteiger partial charge in [0.25, 0.3) is 0 Å². The molecule has 2 aromatic carbocycles. The van der Waals surface area contributed by atoms with Crippen LogP contribution in [0.5, 0.6) is 0 Å². The van der Waals surface area contributed by atoms with Crippen molar-refractivity contribution in [1.82, 2.24) is 4.68 Å². The monoisotopic (exact) mass is 498 g/mol. The molecule has 0 N–H and O–H groups in total. The molecule has 0 aliphatic heterocycles. The summed E-state index contributed by atoms with van der Waals surface area (Å²) in [7, 11) is 4.23. The molecule has 0 aliphatic carbocycles. The van der Waals surface area contributed by atoms with Gasteiger partial charge < -0.3 is 14.4 Å². The summed E-state index contributed by atoms with van der Waals surface area (Å²) in [5.41, 5.74) is 4.45. The fraction of sp³-hybridized carbons (Fsp3) is 0.320. The third kappa shape index (κ3) is 9.34. The van der Waals surface area contributed by atoms with Crippen LogP contribution in [0, 0.1) is 0 Å². The van der Waals surface area contributed by atoms with Gasteiger partial charge in [0.1, 0.15) is 0 Å². The molecule has 188 valence electrons. The van der Waals surface area contributed by atoms with E-state index in [2.05, 4.69) is 82.4 Å². The molecule has 0 atom stereocenters. The van der Waals surface area contributed by atoms with Crippen molar-refractivity contribution < 1.29 is 17.6 Å². The Morgan fingerprint density at radius 3 is 1.71 bits per heavy atom. The first-order valence-corrected chi connectivity index (χ1v) is 12.8. The van der Waals surface area contributed by atoms with Crippen LogP contribution in [-0.2, 0) is 10.1 Å². The van der Waals surface area contributed by atoms with Crippen molar-refractivity contribution in [3.8, 4) is 0 Å². The number of nitrogens with zero attached hydrogens (tertiary/aromatic N) is 6. The Balaban J connectivity index is 0.000000784. The van der Waals surface area contributed by atoms with Crippen molar-refractivity contribution in [2.24, 2.45) is 10.2 Å². The summed E-state index contributed by atoms with van der Waals surface area (Å²) in [4.78, 5) is 4.16. The van der Waals surface area contributed by atoms with Crippen LogP contribution in [0.3, 0.4) is 0 Å². The number of aromatic nitrogens is 2. The van der Waals surface area contributed by atoms with Gasteiger partial charge in [-0.1, -0.05) is 48.3 Å². The number of imidazole rings is 1. The van der Waals surface area contributed by atoms with Gasteiger partial charge in [-0.05, 0) is 35.4 Å². The smallest absolute Gasteiger partial charge is 0.310 e. The summed E-state index contributed by atoms with van der Waals surface area (Å²) in [5, 5.41) is 9.31. The summed E-state index contributed by atoms with van der Waals surface area (Å²) in [6.45, 7) is 4.29. The van der Waals surface area contributed by atoms with E-state index in [-0.39, 0.29) is 5.92 Å². The number of hydrogen-bond acceptors (Lipinski definition) is 7. The van der Waals surface area contributed by atoms with Crippen molar-refractivity contribution in [2.45, 2.75) is 19.8 Å². The maximum Gasteiger partial charge on any atom is 0.310 e. The molecule has 0 unspecified atom stereocenters. The van der Waals surface area contributed by atoms with E-state index in [0.29, 0.717) is 6.26 Å². The molecule has 3 rings (SSSR count). The normalized spacial score (nSPS) is 11.7. The van der Waals surface area contributed by atoms with E-state index >= 15 is 0 Å². The van der Waals surface area contributed by atoms with Gasteiger partial charge in [-0.3, -0.25) is 0 Å². The summed E-state index contributed by atoms with van der Waals surface area (Å²) in [6, 6.07) is 16.6. The van der Waals surface area contributed by atoms with Gasteiger partial charge in [0, 0.05) is 45.8 Å². The lowest BCUT2D eigenvalue weighted by Crippen LogP contribution is -2.32. The molecule has 10 heteroatoms. The molecule has 0 bridgehead atoms. The highest BCUT2D eigenvalue weighted by Crippen LogP contribution is 2.13. The largest absolute Gasteiger partial charge is 0.748 e. The fourth-order valence-corrected chi connectivity index (χ4v) is 3.08. The zero-order chi connectivity index (χ0) is 26.2. The molecule has 0 spiro atoms. The summed E-state index contributed by atoms with van der Waals surface area (Å²) in [5.74, 6) is 1.28. The Kier molecular flexibility index (Phi) is 9.73. The third-order valence-corrected chi connectivity index (χ3v) is 4.82. The average molecular weight is 499 g/mol. The van der Waals surface area contributed by atoms with Crippen LogP contribution < -0.4 is 14.5 Å². The lowest BCUT2D eigenvalue weighted by Gasteiger charge is -2.11. The maximum absolute atomic E-state index is 9.08. The molecule has 35 heavy (non-hydrogen) atoms. The quantitative estimate of drug-likeness (QED) is 0.283. The second kappa shape index (κ2) is 12.3. The Morgan fingerprint density at radius 2 is 1.31 bits per heavy atom. The highest BCUT2D eigenvalue weighted by molar-refractivity contribution is 7.84. The van der Waals surface area contributed by atoms with Crippen molar-refractivity contribution in [3.63, 3.8) is 0 Å². The first-order chi connectivity index (χ1) is 16.3. The molecular weight excluding hydrogens is 464 g/mol. The zero-order valence-corrected chi connectivity index (χ0v) is 22.1. The van der Waals surface area contributed by atoms with Crippen LogP contribution in [0.1, 0.15) is 36.7 Å². The first-order valence-electron chi connectivity index (χ1n) is 11.0. The molecule has 0 radical (unpaired) electrons. The van der Waals surface area contributed by atoms with Crippen molar-refractivity contribution >= 4 is 33.9 Å². The molecule has 0 aliphatic rings. The van der Waals surface area contributed by atoms with Gasteiger partial charge in [0.15, 0.2) is 12.4 Å². The van der Waals surface area contributed by atoms with E-state index in [9.17, 15) is 0 Å². The minimum Gasteiger partial charge on any atom is -0.748 e. The Labute approximate surface area is 208 Å². The molecule has 3 aromatic rings. The van der Waals surface area contributed by atoms with Gasteiger partial charge in [0.2, 0.25) is 0 Å². The van der Waals surface area contributed by atoms with Gasteiger partial charge in [-0.15, -0.1) is 9.35 Å². The van der Waals surface area contributed by atoms with Gasteiger partial charge in [-0.2, -0.15) is 0 Å². The van der Waals surface area contributed by atoms with E-state index in [1.54, 1.807) is 0 Å². The van der Waals surface area contributed by atoms with E-state index in [0.717, 1.165) is 17.0 Å². The number of hydrogen-bond donors (Lipinski definition) is 0. The first kappa shape index (κ1) is 27.7. The molecule has 0 fully saturated rings. The maximum atomic E-state index is 9.08. The van der Waals surface area contributed by atoms with E-state index in [4.69, 9.17) is 13.0 Å². The fourth-order valence-electron chi connectivity index (χ4n) is 3.08. The summed E-state index contributed by atoms with van der Waals surface area (Å²) >= 11 is 0. The van der Waals surface area contributed by atoms with Gasteiger partial charge in [0.05, 0.1) is 28.5 Å². The second-order valence-electron chi connectivity index (χ2n) is 8.67. The lowest BCUT2D eigenvalue weighted by atomic mass is 10.2. The summed E-state index contributed by atoms with van der Waals surface area (Å²) in [6.07, 6.45) is 8.23. The van der Waals surface area contributed by atoms with Gasteiger partial charge in [-0.25, -0.2) is 8.42 Å². The van der Waals surface area contributed by atoms with Crippen LogP contribution in [0.25, 0.3) is 0 Å². The van der Waals surface area contributed by atoms with Crippen LogP contribution in [0.2, 0.25) is 0 Å². The molecular formula is C25H34N6O3S. The molecule has 9 nitrogen and oxygen atoms in total. The van der Waals surface area contributed by atoms with Gasteiger partial charge >= 0.3 is 5.82 Å². The highest BCUT2D eigenvalue weighted by atomic mass is 32.2. The Bertz CT molecular complexity index is 1160. The third-order valence-electron chi connectivity index (χ3n) is 4.82. The van der Waals surface area contributed by atoms with Crippen molar-refractivity contribution in [1.29, 1.82) is 0 Å². The van der Waals surface area contributed by atoms with Crippen LogP contribution in [0.15, 0.2) is 71.1 Å². The van der Waals surface area contributed by atoms with E-state index in [1.807, 2.05) is 62.4 Å². The summed E-state index contributed by atoms with van der Waals surface area (Å²) < 4.78 is 31.0.